The number of aliphatic hydroxyl groups excluding tert-OH is 1. The van der Waals surface area contributed by atoms with Gasteiger partial charge in [0.15, 0.2) is 6.10 Å². The van der Waals surface area contributed by atoms with E-state index in [9.17, 15) is 13.2 Å². The van der Waals surface area contributed by atoms with E-state index in [1.807, 2.05) is 18.2 Å². The lowest BCUT2D eigenvalue weighted by Gasteiger charge is -2.22. The zero-order valence-corrected chi connectivity index (χ0v) is 10.0. The predicted octanol–water partition coefficient (Wildman–Crippen LogP) is 1.92. The number of hydrogen-bond donors (Lipinski definition) is 1. The van der Waals surface area contributed by atoms with E-state index in [1.54, 1.807) is 12.1 Å². The van der Waals surface area contributed by atoms with Crippen molar-refractivity contribution in [2.45, 2.75) is 12.3 Å². The molecule has 102 valence electrons. The maximum atomic E-state index is 12.1. The van der Waals surface area contributed by atoms with Gasteiger partial charge in [-0.25, -0.2) is 0 Å². The maximum Gasteiger partial charge on any atom is 0.415 e. The number of nitrogens with zero attached hydrogens (tertiary/aromatic N) is 1. The van der Waals surface area contributed by atoms with E-state index in [4.69, 9.17) is 9.84 Å². The van der Waals surface area contributed by atoms with Gasteiger partial charge < -0.3 is 14.7 Å². The Labute approximate surface area is 104 Å². The van der Waals surface area contributed by atoms with Crippen molar-refractivity contribution in [3.63, 3.8) is 0 Å². The molecule has 1 atom stereocenters. The minimum absolute atomic E-state index is 0.269. The van der Waals surface area contributed by atoms with Crippen molar-refractivity contribution in [3.05, 3.63) is 30.3 Å². The summed E-state index contributed by atoms with van der Waals surface area (Å²) < 4.78 is 41.6. The van der Waals surface area contributed by atoms with E-state index in [1.165, 1.54) is 11.9 Å². The molecule has 0 heterocycles. The van der Waals surface area contributed by atoms with Crippen molar-refractivity contribution in [1.29, 1.82) is 0 Å². The Morgan fingerprint density at radius 3 is 2.44 bits per heavy atom. The van der Waals surface area contributed by atoms with E-state index in [-0.39, 0.29) is 6.61 Å². The quantitative estimate of drug-likeness (QED) is 0.851. The van der Waals surface area contributed by atoms with E-state index < -0.39 is 18.8 Å². The second-order valence-electron chi connectivity index (χ2n) is 3.98. The fourth-order valence-corrected chi connectivity index (χ4v) is 1.33. The first-order chi connectivity index (χ1) is 8.39. The van der Waals surface area contributed by atoms with Crippen LogP contribution in [0, 0.1) is 0 Å². The van der Waals surface area contributed by atoms with E-state index in [0.29, 0.717) is 12.3 Å². The average molecular weight is 263 g/mol. The summed E-state index contributed by atoms with van der Waals surface area (Å²) >= 11 is 0. The number of halogens is 3. The molecular formula is C12H16F3NO2. The number of rotatable bonds is 6. The van der Waals surface area contributed by atoms with Crippen LogP contribution in [0.5, 0.6) is 5.75 Å². The van der Waals surface area contributed by atoms with Crippen LogP contribution in [0.1, 0.15) is 0 Å². The van der Waals surface area contributed by atoms with Crippen LogP contribution in [0.15, 0.2) is 30.3 Å². The number of hydrogen-bond acceptors (Lipinski definition) is 3. The molecule has 1 N–H and O–H groups in total. The van der Waals surface area contributed by atoms with Gasteiger partial charge in [0.2, 0.25) is 0 Å². The predicted molar refractivity (Wildman–Crippen MR) is 61.5 cm³/mol. The van der Waals surface area contributed by atoms with Gasteiger partial charge in [0.1, 0.15) is 12.4 Å². The summed E-state index contributed by atoms with van der Waals surface area (Å²) in [6.45, 7) is 0.120. The SMILES string of the molecule is CN(CCOc1ccccc1)CC(O)C(F)(F)F. The summed E-state index contributed by atoms with van der Waals surface area (Å²) in [6, 6.07) is 9.01. The normalized spacial score (nSPS) is 13.7. The molecule has 0 radical (unpaired) electrons. The van der Waals surface area contributed by atoms with Crippen molar-refractivity contribution in [2.75, 3.05) is 26.7 Å². The zero-order chi connectivity index (χ0) is 13.6. The summed E-state index contributed by atoms with van der Waals surface area (Å²) in [7, 11) is 1.50. The van der Waals surface area contributed by atoms with Gasteiger partial charge in [-0.3, -0.25) is 0 Å². The Morgan fingerprint density at radius 2 is 1.89 bits per heavy atom. The standard InChI is InChI=1S/C12H16F3NO2/c1-16(9-11(17)12(13,14)15)7-8-18-10-5-3-2-4-6-10/h2-6,11,17H,7-9H2,1H3. The highest BCUT2D eigenvalue weighted by Crippen LogP contribution is 2.20. The van der Waals surface area contributed by atoms with Crippen molar-refractivity contribution >= 4 is 0 Å². The molecule has 1 unspecified atom stereocenters. The average Bonchev–Trinajstić information content (AvgIpc) is 2.29. The Morgan fingerprint density at radius 1 is 1.28 bits per heavy atom. The molecule has 1 aromatic carbocycles. The molecule has 18 heavy (non-hydrogen) atoms. The van der Waals surface area contributed by atoms with Crippen molar-refractivity contribution in [2.24, 2.45) is 0 Å². The van der Waals surface area contributed by atoms with Gasteiger partial charge in [-0.1, -0.05) is 18.2 Å². The Balaban J connectivity index is 2.24. The lowest BCUT2D eigenvalue weighted by Crippen LogP contribution is -2.40. The molecule has 0 spiro atoms. The number of ether oxygens (including phenoxy) is 1. The van der Waals surface area contributed by atoms with E-state index in [2.05, 4.69) is 0 Å². The molecular weight excluding hydrogens is 247 g/mol. The Hall–Kier alpha value is -1.27. The van der Waals surface area contributed by atoms with Crippen LogP contribution in [0.25, 0.3) is 0 Å². The zero-order valence-electron chi connectivity index (χ0n) is 10.0. The fraction of sp³-hybridized carbons (Fsp3) is 0.500. The molecule has 0 aliphatic heterocycles. The summed E-state index contributed by atoms with van der Waals surface area (Å²) in [4.78, 5) is 1.38. The number of para-hydroxylation sites is 1. The topological polar surface area (TPSA) is 32.7 Å². The van der Waals surface area contributed by atoms with Gasteiger partial charge in [0.05, 0.1) is 0 Å². The second-order valence-corrected chi connectivity index (χ2v) is 3.98. The third kappa shape index (κ3) is 5.37. The van der Waals surface area contributed by atoms with Gasteiger partial charge in [0.25, 0.3) is 0 Å². The first-order valence-corrected chi connectivity index (χ1v) is 5.51. The molecule has 6 heteroatoms. The molecule has 1 aromatic rings. The van der Waals surface area contributed by atoms with Crippen LogP contribution in [0.4, 0.5) is 13.2 Å². The van der Waals surface area contributed by atoms with Crippen LogP contribution in [-0.4, -0.2) is 49.0 Å². The van der Waals surface area contributed by atoms with Gasteiger partial charge in [-0.15, -0.1) is 0 Å². The van der Waals surface area contributed by atoms with E-state index in [0.717, 1.165) is 0 Å². The molecule has 0 bridgehead atoms. The van der Waals surface area contributed by atoms with Crippen LogP contribution in [0.3, 0.4) is 0 Å². The fourth-order valence-electron chi connectivity index (χ4n) is 1.33. The summed E-state index contributed by atoms with van der Waals surface area (Å²) in [5, 5.41) is 8.86. The smallest absolute Gasteiger partial charge is 0.415 e. The molecule has 0 aromatic heterocycles. The van der Waals surface area contributed by atoms with Crippen LogP contribution >= 0.6 is 0 Å². The summed E-state index contributed by atoms with van der Waals surface area (Å²) in [6.07, 6.45) is -6.90. The molecule has 0 fully saturated rings. The van der Waals surface area contributed by atoms with Crippen molar-refractivity contribution < 1.29 is 23.0 Å². The molecule has 0 saturated heterocycles. The molecule has 0 aliphatic carbocycles. The summed E-state index contributed by atoms with van der Waals surface area (Å²) in [5.41, 5.74) is 0. The first kappa shape index (κ1) is 14.8. The lowest BCUT2D eigenvalue weighted by molar-refractivity contribution is -0.207. The number of benzene rings is 1. The third-order valence-corrected chi connectivity index (χ3v) is 2.35. The van der Waals surface area contributed by atoms with Crippen LogP contribution in [0.2, 0.25) is 0 Å². The first-order valence-electron chi connectivity index (χ1n) is 5.51. The minimum atomic E-state index is -4.57. The molecule has 1 rings (SSSR count). The molecule has 3 nitrogen and oxygen atoms in total. The van der Waals surface area contributed by atoms with Crippen molar-refractivity contribution in [1.82, 2.24) is 4.90 Å². The monoisotopic (exact) mass is 263 g/mol. The number of likely N-dealkylation sites (N-methyl/N-ethyl adjacent to an activating group) is 1. The van der Waals surface area contributed by atoms with Gasteiger partial charge in [-0.05, 0) is 19.2 Å². The largest absolute Gasteiger partial charge is 0.492 e. The molecule has 0 aliphatic rings. The maximum absolute atomic E-state index is 12.1. The van der Waals surface area contributed by atoms with Gasteiger partial charge in [-0.2, -0.15) is 13.2 Å². The van der Waals surface area contributed by atoms with Gasteiger partial charge in [0, 0.05) is 13.1 Å². The Bertz CT molecular complexity index is 343. The van der Waals surface area contributed by atoms with Crippen LogP contribution in [-0.2, 0) is 0 Å². The molecule has 0 amide bonds. The van der Waals surface area contributed by atoms with E-state index >= 15 is 0 Å². The van der Waals surface area contributed by atoms with Crippen molar-refractivity contribution in [3.8, 4) is 5.75 Å². The highest BCUT2D eigenvalue weighted by molar-refractivity contribution is 5.20. The Kier molecular flexibility index (Phi) is 5.43. The number of alkyl halides is 3. The van der Waals surface area contributed by atoms with Crippen LogP contribution < -0.4 is 4.74 Å². The third-order valence-electron chi connectivity index (χ3n) is 2.35. The lowest BCUT2D eigenvalue weighted by atomic mass is 10.3. The second kappa shape index (κ2) is 6.61. The molecule has 0 saturated carbocycles. The highest BCUT2D eigenvalue weighted by Gasteiger charge is 2.38. The summed E-state index contributed by atoms with van der Waals surface area (Å²) in [5.74, 6) is 0.669. The minimum Gasteiger partial charge on any atom is -0.492 e. The number of aliphatic hydroxyl groups is 1. The highest BCUT2D eigenvalue weighted by atomic mass is 19.4. The van der Waals surface area contributed by atoms with Gasteiger partial charge >= 0.3 is 6.18 Å².